The van der Waals surface area contributed by atoms with Gasteiger partial charge in [-0.3, -0.25) is 19.4 Å². The summed E-state index contributed by atoms with van der Waals surface area (Å²) in [6.07, 6.45) is 2.48. The van der Waals surface area contributed by atoms with E-state index in [1.807, 2.05) is 0 Å². The van der Waals surface area contributed by atoms with Crippen molar-refractivity contribution in [3.05, 3.63) is 82.5 Å². The van der Waals surface area contributed by atoms with Crippen LogP contribution in [0.2, 0.25) is 0 Å². The van der Waals surface area contributed by atoms with Crippen LogP contribution in [0.1, 0.15) is 27.1 Å². The predicted molar refractivity (Wildman–Crippen MR) is 93.6 cm³/mol. The van der Waals surface area contributed by atoms with Gasteiger partial charge in [-0.15, -0.1) is 0 Å². The highest BCUT2D eigenvalue weighted by Gasteiger charge is 2.35. The van der Waals surface area contributed by atoms with E-state index in [9.17, 15) is 18.0 Å². The van der Waals surface area contributed by atoms with Crippen LogP contribution in [0.25, 0.3) is 0 Å². The lowest BCUT2D eigenvalue weighted by molar-refractivity contribution is -0.166. The van der Waals surface area contributed by atoms with Crippen LogP contribution in [0.3, 0.4) is 0 Å². The maximum Gasteiger partial charge on any atom is 0.342 e. The number of Topliss-reactive ketones (excluding diaryl/α,β-unsaturated/α-hetero) is 2. The van der Waals surface area contributed by atoms with E-state index in [0.717, 1.165) is 0 Å². The fourth-order valence-corrected chi connectivity index (χ4v) is 3.83. The largest absolute Gasteiger partial charge is 0.378 e. The van der Waals surface area contributed by atoms with Crippen LogP contribution in [-0.4, -0.2) is 20.0 Å². The molecule has 0 aliphatic carbocycles. The summed E-state index contributed by atoms with van der Waals surface area (Å²) in [5.41, 5.74) is 0.495. The van der Waals surface area contributed by atoms with E-state index in [1.54, 1.807) is 36.4 Å². The second-order valence-corrected chi connectivity index (χ2v) is 7.24. The molecule has 136 valence electrons. The Bertz CT molecular complexity index is 1130. The van der Waals surface area contributed by atoms with E-state index in [1.165, 1.54) is 24.3 Å². The van der Waals surface area contributed by atoms with Gasteiger partial charge < -0.3 is 4.18 Å². The molecule has 2 aromatic rings. The number of carbonyl (C=O) groups excluding carboxylic acids is 2. The normalized spacial score (nSPS) is 20.3. The van der Waals surface area contributed by atoms with Gasteiger partial charge in [0.15, 0.2) is 11.5 Å². The number of benzene rings is 2. The van der Waals surface area contributed by atoms with Crippen LogP contribution in [0.4, 0.5) is 0 Å². The van der Waals surface area contributed by atoms with Crippen molar-refractivity contribution in [3.8, 4) is 11.5 Å². The molecular weight excluding hydrogens is 372 g/mol. The summed E-state index contributed by atoms with van der Waals surface area (Å²) in [4.78, 5) is 34.3. The fraction of sp³-hybridized carbons (Fsp3) is 0.0526. The molecule has 0 fully saturated rings. The van der Waals surface area contributed by atoms with E-state index < -0.39 is 26.6 Å². The van der Waals surface area contributed by atoms with Gasteiger partial charge in [0.2, 0.25) is 17.3 Å². The van der Waals surface area contributed by atoms with Crippen molar-refractivity contribution in [1.29, 1.82) is 0 Å². The Morgan fingerprint density at radius 2 is 1.41 bits per heavy atom. The molecule has 0 bridgehead atoms. The fourth-order valence-electron chi connectivity index (χ4n) is 2.72. The van der Waals surface area contributed by atoms with Gasteiger partial charge in [0.05, 0.1) is 11.1 Å². The van der Waals surface area contributed by atoms with E-state index in [2.05, 4.69) is 0 Å². The maximum atomic E-state index is 12.5. The lowest BCUT2D eigenvalue weighted by atomic mass is 10.1. The highest BCUT2D eigenvalue weighted by Crippen LogP contribution is 2.32. The zero-order valence-electron chi connectivity index (χ0n) is 13.7. The number of hydrogen-bond acceptors (Lipinski definition) is 7. The van der Waals surface area contributed by atoms with Crippen LogP contribution >= 0.6 is 0 Å². The molecule has 8 heteroatoms. The molecule has 0 atom stereocenters. The van der Waals surface area contributed by atoms with Gasteiger partial charge in [-0.1, -0.05) is 30.3 Å². The smallest absolute Gasteiger partial charge is 0.342 e. The summed E-state index contributed by atoms with van der Waals surface area (Å²) >= 11 is 0. The van der Waals surface area contributed by atoms with Crippen molar-refractivity contribution in [1.82, 2.24) is 0 Å². The average Bonchev–Trinajstić information content (AvgIpc) is 2.66. The Morgan fingerprint density at radius 1 is 0.778 bits per heavy atom. The number of hydrogen-bond donors (Lipinski definition) is 0. The third-order valence-electron chi connectivity index (χ3n) is 4.01. The standard InChI is InChI=1S/C19H12O7S/c20-18-12-6-1-3-8-14(12)24-25-16(18)10-5-11-17-19(21)13-7-2-4-9-15(13)26-27(17,22)23/h1-4,6-11H,5H2. The number of fused-ring (bicyclic) bond motifs is 2. The van der Waals surface area contributed by atoms with Crippen molar-refractivity contribution >= 4 is 21.7 Å². The highest BCUT2D eigenvalue weighted by molar-refractivity contribution is 7.92. The lowest BCUT2D eigenvalue weighted by Crippen LogP contribution is -2.25. The minimum Gasteiger partial charge on any atom is -0.378 e. The minimum atomic E-state index is -4.23. The van der Waals surface area contributed by atoms with Gasteiger partial charge in [0.25, 0.3) is 0 Å². The Hall–Kier alpha value is -3.39. The Morgan fingerprint density at radius 3 is 2.15 bits per heavy atom. The van der Waals surface area contributed by atoms with Gasteiger partial charge in [-0.05, 0) is 36.8 Å². The summed E-state index contributed by atoms with van der Waals surface area (Å²) in [7, 11) is -4.23. The molecule has 0 aromatic heterocycles. The van der Waals surface area contributed by atoms with Crippen LogP contribution in [0.15, 0.2) is 71.3 Å². The van der Waals surface area contributed by atoms with Crippen molar-refractivity contribution in [2.75, 3.05) is 0 Å². The first kappa shape index (κ1) is 17.0. The van der Waals surface area contributed by atoms with E-state index in [4.69, 9.17) is 14.0 Å². The molecule has 0 N–H and O–H groups in total. The maximum absolute atomic E-state index is 12.5. The molecule has 0 amide bonds. The molecule has 0 saturated heterocycles. The topological polar surface area (TPSA) is 96.0 Å². The van der Waals surface area contributed by atoms with E-state index in [0.29, 0.717) is 11.3 Å². The van der Waals surface area contributed by atoms with Crippen LogP contribution in [0.5, 0.6) is 11.5 Å². The quantitative estimate of drug-likeness (QED) is 0.446. The molecule has 2 heterocycles. The number of para-hydroxylation sites is 2. The minimum absolute atomic E-state index is 0.00574. The number of carbonyl (C=O) groups is 2. The molecule has 0 saturated carbocycles. The lowest BCUT2D eigenvalue weighted by Gasteiger charge is -2.18. The molecule has 0 radical (unpaired) electrons. The third kappa shape index (κ3) is 3.00. The molecule has 0 spiro atoms. The molecule has 4 rings (SSSR count). The molecule has 2 aliphatic rings. The van der Waals surface area contributed by atoms with Crippen molar-refractivity contribution in [3.63, 3.8) is 0 Å². The first-order valence-electron chi connectivity index (χ1n) is 7.94. The highest BCUT2D eigenvalue weighted by atomic mass is 32.2. The Kier molecular flexibility index (Phi) is 4.04. The first-order chi connectivity index (χ1) is 13.0. The summed E-state index contributed by atoms with van der Waals surface area (Å²) < 4.78 is 29.4. The Labute approximate surface area is 154 Å². The summed E-state index contributed by atoms with van der Waals surface area (Å²) in [6.45, 7) is 0. The average molecular weight is 384 g/mol. The second kappa shape index (κ2) is 6.40. The number of rotatable bonds is 2. The molecular formula is C19H12O7S. The van der Waals surface area contributed by atoms with Crippen molar-refractivity contribution in [2.24, 2.45) is 0 Å². The molecule has 27 heavy (non-hydrogen) atoms. The van der Waals surface area contributed by atoms with E-state index in [-0.39, 0.29) is 23.5 Å². The first-order valence-corrected chi connectivity index (χ1v) is 9.35. The molecule has 0 unspecified atom stereocenters. The predicted octanol–water partition coefficient (Wildman–Crippen LogP) is 2.96. The van der Waals surface area contributed by atoms with E-state index >= 15 is 0 Å². The summed E-state index contributed by atoms with van der Waals surface area (Å²) in [6, 6.07) is 12.6. The van der Waals surface area contributed by atoms with Gasteiger partial charge in [0, 0.05) is 0 Å². The van der Waals surface area contributed by atoms with Crippen LogP contribution in [0, 0.1) is 0 Å². The molecule has 2 aromatic carbocycles. The van der Waals surface area contributed by atoms with Gasteiger partial charge >= 0.3 is 10.1 Å². The molecule has 7 nitrogen and oxygen atoms in total. The SMILES string of the molecule is O=C1C(=CCC=C2C(=O)c3ccccc3OS2(=O)=O)OOc2ccccc21. The third-order valence-corrected chi connectivity index (χ3v) is 5.30. The van der Waals surface area contributed by atoms with Gasteiger partial charge in [-0.25, -0.2) is 0 Å². The Balaban J connectivity index is 1.61. The molecule has 2 aliphatic heterocycles. The number of ketones is 2. The van der Waals surface area contributed by atoms with Crippen LogP contribution < -0.4 is 9.07 Å². The number of allylic oxidation sites excluding steroid dienone is 4. The summed E-state index contributed by atoms with van der Waals surface area (Å²) in [5, 5.41) is 0. The second-order valence-electron chi connectivity index (χ2n) is 5.73. The zero-order chi connectivity index (χ0) is 19.0. The van der Waals surface area contributed by atoms with Crippen LogP contribution in [-0.2, 0) is 15.0 Å². The van der Waals surface area contributed by atoms with Gasteiger partial charge in [-0.2, -0.15) is 8.42 Å². The van der Waals surface area contributed by atoms with Crippen molar-refractivity contribution < 1.29 is 32.0 Å². The monoisotopic (exact) mass is 384 g/mol. The van der Waals surface area contributed by atoms with Gasteiger partial charge in [0.1, 0.15) is 4.91 Å². The summed E-state index contributed by atoms with van der Waals surface area (Å²) in [5.74, 6) is -0.850. The zero-order valence-corrected chi connectivity index (χ0v) is 14.6. The van der Waals surface area contributed by atoms with Crippen molar-refractivity contribution in [2.45, 2.75) is 6.42 Å².